The number of aromatic nitrogens is 2. The highest BCUT2D eigenvalue weighted by Crippen LogP contribution is 2.26. The van der Waals surface area contributed by atoms with E-state index in [-0.39, 0.29) is 10.9 Å². The van der Waals surface area contributed by atoms with Gasteiger partial charge in [0.1, 0.15) is 16.5 Å². The summed E-state index contributed by atoms with van der Waals surface area (Å²) in [6, 6.07) is 6.84. The number of halogens is 1. The van der Waals surface area contributed by atoms with Crippen LogP contribution in [0.3, 0.4) is 0 Å². The first-order valence-electron chi connectivity index (χ1n) is 7.04. The fourth-order valence-corrected chi connectivity index (χ4v) is 3.22. The molecule has 3 heterocycles. The highest BCUT2D eigenvalue weighted by Gasteiger charge is 2.25. The molecule has 0 bridgehead atoms. The van der Waals surface area contributed by atoms with Gasteiger partial charge in [0.2, 0.25) is 10.0 Å². The summed E-state index contributed by atoms with van der Waals surface area (Å²) >= 11 is 6.17. The molecule has 2 aromatic rings. The number of sulfonamides is 1. The Hall–Kier alpha value is -1.90. The van der Waals surface area contributed by atoms with Crippen molar-refractivity contribution in [3.63, 3.8) is 0 Å². The summed E-state index contributed by atoms with van der Waals surface area (Å²) < 4.78 is 22.4. The molecule has 1 saturated heterocycles. The molecule has 0 aliphatic carbocycles. The van der Waals surface area contributed by atoms with Crippen molar-refractivity contribution in [2.45, 2.75) is 17.4 Å². The van der Waals surface area contributed by atoms with Crippen LogP contribution in [0.4, 0.5) is 11.6 Å². The minimum Gasteiger partial charge on any atom is -0.365 e. The molecule has 1 aliphatic rings. The average molecular weight is 354 g/mol. The predicted octanol–water partition coefficient (Wildman–Crippen LogP) is 1.47. The lowest BCUT2D eigenvalue weighted by Crippen LogP contribution is -2.27. The van der Waals surface area contributed by atoms with Gasteiger partial charge in [0.15, 0.2) is 0 Å². The van der Waals surface area contributed by atoms with Gasteiger partial charge < -0.3 is 10.2 Å². The van der Waals surface area contributed by atoms with Gasteiger partial charge in [-0.05, 0) is 30.7 Å². The molecular weight excluding hydrogens is 338 g/mol. The molecule has 1 fully saturated rings. The lowest BCUT2D eigenvalue weighted by atomic mass is 10.2. The van der Waals surface area contributed by atoms with Crippen LogP contribution in [-0.4, -0.2) is 37.5 Å². The molecule has 0 aromatic carbocycles. The van der Waals surface area contributed by atoms with Gasteiger partial charge in [0, 0.05) is 31.5 Å². The number of anilines is 2. The monoisotopic (exact) mass is 353 g/mol. The van der Waals surface area contributed by atoms with E-state index in [2.05, 4.69) is 20.2 Å². The lowest BCUT2D eigenvalue weighted by Gasteiger charge is -2.19. The zero-order valence-corrected chi connectivity index (χ0v) is 13.8. The fraction of sp³-hybridized carbons (Fsp3) is 0.286. The van der Waals surface area contributed by atoms with Crippen molar-refractivity contribution in [1.29, 1.82) is 0 Å². The van der Waals surface area contributed by atoms with Crippen LogP contribution in [0.25, 0.3) is 0 Å². The Labute approximate surface area is 139 Å². The maximum atomic E-state index is 11.2. The van der Waals surface area contributed by atoms with Crippen LogP contribution in [0.2, 0.25) is 5.02 Å². The van der Waals surface area contributed by atoms with E-state index in [1.54, 1.807) is 18.3 Å². The number of hydrogen-bond donors (Lipinski definition) is 2. The topological polar surface area (TPSA) is 101 Å². The summed E-state index contributed by atoms with van der Waals surface area (Å²) in [5.74, 6) is 1.38. The highest BCUT2D eigenvalue weighted by atomic mass is 35.5. The highest BCUT2D eigenvalue weighted by molar-refractivity contribution is 7.89. The van der Waals surface area contributed by atoms with E-state index in [1.807, 2.05) is 6.07 Å². The Kier molecular flexibility index (Phi) is 4.38. The van der Waals surface area contributed by atoms with E-state index in [0.29, 0.717) is 10.8 Å². The third-order valence-electron chi connectivity index (χ3n) is 3.64. The number of rotatable bonds is 4. The summed E-state index contributed by atoms with van der Waals surface area (Å²) in [5, 5.41) is 8.96. The summed E-state index contributed by atoms with van der Waals surface area (Å²) in [5.41, 5.74) is 0. The first-order chi connectivity index (χ1) is 10.9. The largest absolute Gasteiger partial charge is 0.365 e. The second kappa shape index (κ2) is 6.31. The molecule has 1 unspecified atom stereocenters. The average Bonchev–Trinajstić information content (AvgIpc) is 2.95. The molecule has 23 heavy (non-hydrogen) atoms. The Balaban J connectivity index is 1.65. The quantitative estimate of drug-likeness (QED) is 0.863. The minimum absolute atomic E-state index is 0.00336. The van der Waals surface area contributed by atoms with E-state index < -0.39 is 10.0 Å². The molecule has 9 heteroatoms. The number of primary sulfonamides is 1. The Morgan fingerprint density at radius 3 is 2.78 bits per heavy atom. The fourth-order valence-electron chi connectivity index (χ4n) is 2.52. The van der Waals surface area contributed by atoms with Crippen molar-refractivity contribution in [3.8, 4) is 0 Å². The van der Waals surface area contributed by atoms with Crippen molar-refractivity contribution in [2.75, 3.05) is 23.3 Å². The van der Waals surface area contributed by atoms with E-state index in [9.17, 15) is 8.42 Å². The zero-order chi connectivity index (χ0) is 16.4. The molecule has 0 amide bonds. The van der Waals surface area contributed by atoms with Gasteiger partial charge in [-0.2, -0.15) is 0 Å². The number of nitrogens with zero attached hydrogens (tertiary/aromatic N) is 3. The third kappa shape index (κ3) is 3.72. The first kappa shape index (κ1) is 16.0. The maximum Gasteiger partial charge on any atom is 0.239 e. The SMILES string of the molecule is NS(=O)(=O)c1ccc(NC2CCN(c3ncccc3Cl)C2)nc1. The number of pyridine rings is 2. The zero-order valence-electron chi connectivity index (χ0n) is 12.2. The van der Waals surface area contributed by atoms with Crippen molar-refractivity contribution in [3.05, 3.63) is 41.7 Å². The van der Waals surface area contributed by atoms with Crippen LogP contribution in [-0.2, 0) is 10.0 Å². The van der Waals surface area contributed by atoms with Crippen LogP contribution in [0.15, 0.2) is 41.6 Å². The maximum absolute atomic E-state index is 11.2. The normalized spacial score (nSPS) is 18.2. The number of nitrogens with two attached hydrogens (primary N) is 1. The molecule has 3 N–H and O–H groups in total. The second-order valence-corrected chi connectivity index (χ2v) is 7.28. The minimum atomic E-state index is -3.72. The van der Waals surface area contributed by atoms with Crippen LogP contribution in [0.5, 0.6) is 0 Å². The van der Waals surface area contributed by atoms with Crippen molar-refractivity contribution >= 4 is 33.3 Å². The molecule has 3 rings (SSSR count). The third-order valence-corrected chi connectivity index (χ3v) is 4.84. The molecular formula is C14H16ClN5O2S. The summed E-state index contributed by atoms with van der Waals surface area (Å²) in [6.45, 7) is 1.58. The Morgan fingerprint density at radius 2 is 2.13 bits per heavy atom. The van der Waals surface area contributed by atoms with Crippen molar-refractivity contribution in [2.24, 2.45) is 5.14 Å². The molecule has 1 aliphatic heterocycles. The van der Waals surface area contributed by atoms with Crippen molar-refractivity contribution in [1.82, 2.24) is 9.97 Å². The van der Waals surface area contributed by atoms with Crippen LogP contribution in [0, 0.1) is 0 Å². The standard InChI is InChI=1S/C14H16ClN5O2S/c15-12-2-1-6-17-14(12)20-7-5-10(9-20)19-13-4-3-11(8-18-13)23(16,21)22/h1-4,6,8,10H,5,7,9H2,(H,18,19)(H2,16,21,22). The smallest absolute Gasteiger partial charge is 0.239 e. The molecule has 122 valence electrons. The van der Waals surface area contributed by atoms with Gasteiger partial charge in [0.05, 0.1) is 5.02 Å². The van der Waals surface area contributed by atoms with E-state index in [1.165, 1.54) is 12.3 Å². The van der Waals surface area contributed by atoms with E-state index in [0.717, 1.165) is 25.3 Å². The van der Waals surface area contributed by atoms with Gasteiger partial charge >= 0.3 is 0 Å². The van der Waals surface area contributed by atoms with Crippen LogP contribution >= 0.6 is 11.6 Å². The second-order valence-electron chi connectivity index (χ2n) is 5.31. The molecule has 1 atom stereocenters. The summed E-state index contributed by atoms with van der Waals surface area (Å²) in [7, 11) is -3.72. The molecule has 7 nitrogen and oxygen atoms in total. The van der Waals surface area contributed by atoms with Gasteiger partial charge in [-0.3, -0.25) is 0 Å². The van der Waals surface area contributed by atoms with Gasteiger partial charge in [-0.1, -0.05) is 11.6 Å². The van der Waals surface area contributed by atoms with Gasteiger partial charge in [0.25, 0.3) is 0 Å². The molecule has 0 spiro atoms. The Bertz CT molecular complexity index is 797. The Morgan fingerprint density at radius 1 is 1.30 bits per heavy atom. The summed E-state index contributed by atoms with van der Waals surface area (Å²) in [6.07, 6.45) is 3.88. The molecule has 0 radical (unpaired) electrons. The summed E-state index contributed by atoms with van der Waals surface area (Å²) in [4.78, 5) is 10.5. The number of hydrogen-bond acceptors (Lipinski definition) is 6. The van der Waals surface area contributed by atoms with Crippen molar-refractivity contribution < 1.29 is 8.42 Å². The first-order valence-corrected chi connectivity index (χ1v) is 8.97. The van der Waals surface area contributed by atoms with E-state index >= 15 is 0 Å². The number of nitrogens with one attached hydrogen (secondary N) is 1. The van der Waals surface area contributed by atoms with Gasteiger partial charge in [-0.25, -0.2) is 23.5 Å². The van der Waals surface area contributed by atoms with Crippen LogP contribution < -0.4 is 15.4 Å². The lowest BCUT2D eigenvalue weighted by molar-refractivity contribution is 0.597. The molecule has 0 saturated carbocycles. The van der Waals surface area contributed by atoms with Crippen LogP contribution in [0.1, 0.15) is 6.42 Å². The predicted molar refractivity (Wildman–Crippen MR) is 89.1 cm³/mol. The van der Waals surface area contributed by atoms with Gasteiger partial charge in [-0.15, -0.1) is 0 Å². The molecule has 2 aromatic heterocycles. The van der Waals surface area contributed by atoms with E-state index in [4.69, 9.17) is 16.7 Å².